The number of nitrogens with one attached hydrogen (secondary N) is 2. The maximum absolute atomic E-state index is 12.9. The number of nitrogens with zero attached hydrogens (tertiary/aromatic N) is 2. The molecule has 0 atom stereocenters. The summed E-state index contributed by atoms with van der Waals surface area (Å²) in [5, 5.41) is 8.32. The lowest BCUT2D eigenvalue weighted by atomic mass is 10.1. The van der Waals surface area contributed by atoms with Gasteiger partial charge in [-0.25, -0.2) is 9.78 Å². The van der Waals surface area contributed by atoms with Crippen LogP contribution in [-0.2, 0) is 17.7 Å². The molecule has 0 bridgehead atoms. The quantitative estimate of drug-likeness (QED) is 0.558. The second kappa shape index (κ2) is 12.3. The van der Waals surface area contributed by atoms with Gasteiger partial charge in [0.2, 0.25) is 0 Å². The van der Waals surface area contributed by atoms with Crippen molar-refractivity contribution in [2.75, 3.05) is 32.1 Å². The first-order valence-electron chi connectivity index (χ1n) is 10.3. The Bertz CT molecular complexity index is 822. The number of ether oxygens (including phenoxy) is 1. The number of amides is 3. The Kier molecular flexibility index (Phi) is 9.76. The van der Waals surface area contributed by atoms with E-state index in [1.165, 1.54) is 11.3 Å². The number of aromatic nitrogens is 1. The summed E-state index contributed by atoms with van der Waals surface area (Å²) in [6.45, 7) is 8.06. The standard InChI is InChI=1S/C22H32N4O3S/c1-5-17-8-6-7-9-18(17)25-22(28)26(12-13-29-4)14-20-24-19(15-30-20)21(27)23-11-10-16(2)3/h6-9,15-16H,5,10-14H2,1-4H3,(H,23,27)(H,25,28). The Morgan fingerprint density at radius 1 is 1.27 bits per heavy atom. The fourth-order valence-electron chi connectivity index (χ4n) is 2.81. The van der Waals surface area contributed by atoms with Crippen molar-refractivity contribution in [1.29, 1.82) is 0 Å². The predicted octanol–water partition coefficient (Wildman–Crippen LogP) is 4.16. The Morgan fingerprint density at radius 2 is 2.03 bits per heavy atom. The van der Waals surface area contributed by atoms with Gasteiger partial charge < -0.3 is 20.3 Å². The van der Waals surface area contributed by atoms with E-state index < -0.39 is 0 Å². The number of rotatable bonds is 11. The Hall–Kier alpha value is -2.45. The minimum absolute atomic E-state index is 0.178. The Balaban J connectivity index is 2.03. The molecule has 1 heterocycles. The molecule has 2 N–H and O–H groups in total. The zero-order valence-electron chi connectivity index (χ0n) is 18.2. The fraction of sp³-hybridized carbons (Fsp3) is 0.500. The highest BCUT2D eigenvalue weighted by Crippen LogP contribution is 2.18. The molecule has 1 aromatic heterocycles. The predicted molar refractivity (Wildman–Crippen MR) is 121 cm³/mol. The normalized spacial score (nSPS) is 10.8. The molecule has 0 fully saturated rings. The number of anilines is 1. The summed E-state index contributed by atoms with van der Waals surface area (Å²) in [6.07, 6.45) is 1.75. The first kappa shape index (κ1) is 23.8. The van der Waals surface area contributed by atoms with Gasteiger partial charge in [0.15, 0.2) is 0 Å². The third-order valence-electron chi connectivity index (χ3n) is 4.61. The topological polar surface area (TPSA) is 83.6 Å². The van der Waals surface area contributed by atoms with Gasteiger partial charge in [0, 0.05) is 31.3 Å². The van der Waals surface area contributed by atoms with E-state index >= 15 is 0 Å². The third-order valence-corrected chi connectivity index (χ3v) is 5.44. The summed E-state index contributed by atoms with van der Waals surface area (Å²) in [5.74, 6) is 0.352. The molecule has 1 aromatic carbocycles. The fourth-order valence-corrected chi connectivity index (χ4v) is 3.60. The lowest BCUT2D eigenvalue weighted by Gasteiger charge is -2.22. The molecule has 164 valence electrons. The molecule has 0 unspecified atom stereocenters. The van der Waals surface area contributed by atoms with E-state index in [4.69, 9.17) is 4.74 Å². The van der Waals surface area contributed by atoms with Crippen LogP contribution in [0, 0.1) is 5.92 Å². The molecule has 0 aliphatic heterocycles. The maximum Gasteiger partial charge on any atom is 0.322 e. The van der Waals surface area contributed by atoms with Gasteiger partial charge in [-0.05, 0) is 30.4 Å². The van der Waals surface area contributed by atoms with Gasteiger partial charge in [0.05, 0.1) is 13.2 Å². The number of benzene rings is 1. The zero-order chi connectivity index (χ0) is 21.9. The van der Waals surface area contributed by atoms with Crippen LogP contribution in [-0.4, -0.2) is 48.6 Å². The molecule has 0 radical (unpaired) electrons. The van der Waals surface area contributed by atoms with E-state index in [9.17, 15) is 9.59 Å². The van der Waals surface area contributed by atoms with E-state index in [1.807, 2.05) is 24.3 Å². The minimum atomic E-state index is -0.217. The minimum Gasteiger partial charge on any atom is -0.383 e. The summed E-state index contributed by atoms with van der Waals surface area (Å²) < 4.78 is 5.16. The van der Waals surface area contributed by atoms with Crippen LogP contribution < -0.4 is 10.6 Å². The highest BCUT2D eigenvalue weighted by atomic mass is 32.1. The smallest absolute Gasteiger partial charge is 0.322 e. The largest absolute Gasteiger partial charge is 0.383 e. The number of hydrogen-bond acceptors (Lipinski definition) is 5. The van der Waals surface area contributed by atoms with Crippen LogP contribution >= 0.6 is 11.3 Å². The van der Waals surface area contributed by atoms with Crippen molar-refractivity contribution in [1.82, 2.24) is 15.2 Å². The molecule has 0 spiro atoms. The van der Waals surface area contributed by atoms with Crippen molar-refractivity contribution in [3.63, 3.8) is 0 Å². The van der Waals surface area contributed by atoms with Crippen LogP contribution in [0.15, 0.2) is 29.6 Å². The number of aryl methyl sites for hydroxylation is 1. The first-order chi connectivity index (χ1) is 14.4. The Morgan fingerprint density at radius 3 is 2.73 bits per heavy atom. The van der Waals surface area contributed by atoms with E-state index in [0.29, 0.717) is 42.9 Å². The van der Waals surface area contributed by atoms with Gasteiger partial charge in [0.1, 0.15) is 10.7 Å². The monoisotopic (exact) mass is 432 g/mol. The maximum atomic E-state index is 12.9. The van der Waals surface area contributed by atoms with E-state index in [2.05, 4.69) is 36.4 Å². The van der Waals surface area contributed by atoms with Crippen molar-refractivity contribution in [3.05, 3.63) is 45.9 Å². The molecule has 3 amide bonds. The number of thiazole rings is 1. The number of carbonyl (C=O) groups is 2. The molecule has 0 saturated heterocycles. The molecule has 0 saturated carbocycles. The number of methoxy groups -OCH3 is 1. The van der Waals surface area contributed by atoms with Crippen LogP contribution in [0.5, 0.6) is 0 Å². The van der Waals surface area contributed by atoms with Crippen LogP contribution in [0.4, 0.5) is 10.5 Å². The molecular weight excluding hydrogens is 400 g/mol. The molecule has 30 heavy (non-hydrogen) atoms. The summed E-state index contributed by atoms with van der Waals surface area (Å²) in [5.41, 5.74) is 2.27. The number of hydrogen-bond donors (Lipinski definition) is 2. The third kappa shape index (κ3) is 7.42. The number of urea groups is 1. The summed E-state index contributed by atoms with van der Waals surface area (Å²) >= 11 is 1.38. The van der Waals surface area contributed by atoms with E-state index in [1.54, 1.807) is 17.4 Å². The van der Waals surface area contributed by atoms with Crippen LogP contribution in [0.25, 0.3) is 0 Å². The number of carbonyl (C=O) groups excluding carboxylic acids is 2. The zero-order valence-corrected chi connectivity index (χ0v) is 19.1. The van der Waals surface area contributed by atoms with Gasteiger partial charge >= 0.3 is 6.03 Å². The SMILES string of the molecule is CCc1ccccc1NC(=O)N(CCOC)Cc1nc(C(=O)NCCC(C)C)cs1. The highest BCUT2D eigenvalue weighted by molar-refractivity contribution is 7.09. The average molecular weight is 433 g/mol. The molecule has 7 nitrogen and oxygen atoms in total. The number of para-hydroxylation sites is 1. The Labute approximate surface area is 182 Å². The van der Waals surface area contributed by atoms with Gasteiger partial charge in [-0.2, -0.15) is 0 Å². The van der Waals surface area contributed by atoms with Crippen LogP contribution in [0.3, 0.4) is 0 Å². The molecule has 0 aliphatic rings. The van der Waals surface area contributed by atoms with Gasteiger partial charge in [-0.15, -0.1) is 11.3 Å². The van der Waals surface area contributed by atoms with Crippen molar-refractivity contribution in [3.8, 4) is 0 Å². The van der Waals surface area contributed by atoms with Gasteiger partial charge in [0.25, 0.3) is 5.91 Å². The molecule has 8 heteroatoms. The van der Waals surface area contributed by atoms with Crippen LogP contribution in [0.1, 0.15) is 48.3 Å². The summed E-state index contributed by atoms with van der Waals surface area (Å²) in [6, 6.07) is 7.54. The molecule has 2 aromatic rings. The molecule has 2 rings (SSSR count). The lowest BCUT2D eigenvalue weighted by Crippen LogP contribution is -2.37. The first-order valence-corrected chi connectivity index (χ1v) is 11.2. The van der Waals surface area contributed by atoms with E-state index in [0.717, 1.165) is 24.1 Å². The molecular formula is C22H32N4O3S. The summed E-state index contributed by atoms with van der Waals surface area (Å²) in [4.78, 5) is 31.2. The van der Waals surface area contributed by atoms with Crippen molar-refractivity contribution >= 4 is 29.0 Å². The van der Waals surface area contributed by atoms with Crippen molar-refractivity contribution in [2.45, 2.75) is 40.2 Å². The molecule has 0 aliphatic carbocycles. The van der Waals surface area contributed by atoms with Gasteiger partial charge in [-0.3, -0.25) is 4.79 Å². The van der Waals surface area contributed by atoms with Gasteiger partial charge in [-0.1, -0.05) is 39.0 Å². The van der Waals surface area contributed by atoms with Crippen molar-refractivity contribution in [2.24, 2.45) is 5.92 Å². The summed E-state index contributed by atoms with van der Waals surface area (Å²) in [7, 11) is 1.60. The average Bonchev–Trinajstić information content (AvgIpc) is 3.19. The second-order valence-corrected chi connectivity index (χ2v) is 8.36. The van der Waals surface area contributed by atoms with Crippen LogP contribution in [0.2, 0.25) is 0 Å². The van der Waals surface area contributed by atoms with E-state index in [-0.39, 0.29) is 11.9 Å². The van der Waals surface area contributed by atoms with Crippen molar-refractivity contribution < 1.29 is 14.3 Å². The highest BCUT2D eigenvalue weighted by Gasteiger charge is 2.18. The second-order valence-electron chi connectivity index (χ2n) is 7.42. The lowest BCUT2D eigenvalue weighted by molar-refractivity contribution is 0.0947.